The second kappa shape index (κ2) is 15.2. The molecule has 4 aromatic rings. The van der Waals surface area contributed by atoms with Crippen LogP contribution in [0.4, 0.5) is 5.69 Å². The molecule has 13 heteroatoms. The Balaban J connectivity index is 1.12. The third-order valence-corrected chi connectivity index (χ3v) is 9.22. The first-order valence-corrected chi connectivity index (χ1v) is 16.4. The van der Waals surface area contributed by atoms with Crippen molar-refractivity contribution >= 4 is 40.9 Å². The number of carbonyl (C=O) groups excluding carboxylic acids is 2. The minimum atomic E-state index is -0.552. The molecule has 2 amide bonds. The highest BCUT2D eigenvalue weighted by atomic mass is 35.5. The predicted octanol–water partition coefficient (Wildman–Crippen LogP) is 6.06. The van der Waals surface area contributed by atoms with Crippen LogP contribution in [-0.2, 0) is 11.2 Å². The average Bonchev–Trinajstić information content (AvgIpc) is 3.46. The molecule has 1 aliphatic heterocycles. The van der Waals surface area contributed by atoms with E-state index in [4.69, 9.17) is 16.3 Å². The zero-order valence-electron chi connectivity index (χ0n) is 25.7. The molecule has 1 atom stereocenters. The molecule has 1 aromatic heterocycles. The number of benzene rings is 3. The summed E-state index contributed by atoms with van der Waals surface area (Å²) in [6, 6.07) is 21.6. The zero-order chi connectivity index (χ0) is 32.6. The molecule has 240 valence electrons. The summed E-state index contributed by atoms with van der Waals surface area (Å²) in [7, 11) is 1.64. The minimum absolute atomic E-state index is 0.0393. The lowest BCUT2D eigenvalue weighted by Crippen LogP contribution is -2.55. The maximum Gasteiger partial charge on any atom is 0.270 e. The van der Waals surface area contributed by atoms with Crippen molar-refractivity contribution in [3.05, 3.63) is 105 Å². The van der Waals surface area contributed by atoms with E-state index in [2.05, 4.69) is 26.9 Å². The maximum absolute atomic E-state index is 13.1. The number of thioether (sulfide) groups is 1. The molecule has 0 radical (unpaired) electrons. The highest BCUT2D eigenvalue weighted by molar-refractivity contribution is 7.99. The Bertz CT molecular complexity index is 1680. The maximum atomic E-state index is 13.1. The van der Waals surface area contributed by atoms with Crippen molar-refractivity contribution in [2.75, 3.05) is 32.5 Å². The van der Waals surface area contributed by atoms with E-state index in [1.54, 1.807) is 28.7 Å². The number of hydrogen-bond acceptors (Lipinski definition) is 8. The van der Waals surface area contributed by atoms with Crippen LogP contribution < -0.4 is 4.74 Å². The monoisotopic (exact) mass is 662 g/mol. The van der Waals surface area contributed by atoms with Crippen molar-refractivity contribution in [2.45, 2.75) is 43.8 Å². The van der Waals surface area contributed by atoms with Crippen LogP contribution in [-0.4, -0.2) is 79.8 Å². The van der Waals surface area contributed by atoms with E-state index >= 15 is 0 Å². The van der Waals surface area contributed by atoms with E-state index in [1.165, 1.54) is 18.2 Å². The normalized spacial score (nSPS) is 14.7. The summed E-state index contributed by atoms with van der Waals surface area (Å²) in [5.74, 6) is 2.16. The lowest BCUT2D eigenvalue weighted by atomic mass is 10.1. The van der Waals surface area contributed by atoms with Crippen molar-refractivity contribution in [2.24, 2.45) is 0 Å². The van der Waals surface area contributed by atoms with Gasteiger partial charge in [-0.3, -0.25) is 24.3 Å². The van der Waals surface area contributed by atoms with E-state index < -0.39 is 4.92 Å². The molecule has 0 spiro atoms. The van der Waals surface area contributed by atoms with Crippen molar-refractivity contribution in [3.8, 4) is 11.4 Å². The Kier molecular flexibility index (Phi) is 10.9. The molecular formula is C33H35ClN6O5S. The fourth-order valence-corrected chi connectivity index (χ4v) is 6.63. The van der Waals surface area contributed by atoms with E-state index in [-0.39, 0.29) is 34.1 Å². The molecule has 1 fully saturated rings. The molecule has 0 N–H and O–H groups in total. The number of rotatable bonds is 12. The number of unbranched alkanes of at least 4 members (excludes halogenated alkanes) is 1. The second-order valence-electron chi connectivity index (χ2n) is 11.0. The number of nitrogens with zero attached hydrogens (tertiary/aromatic N) is 6. The van der Waals surface area contributed by atoms with Gasteiger partial charge in [-0.1, -0.05) is 53.7 Å². The van der Waals surface area contributed by atoms with E-state index in [9.17, 15) is 19.7 Å². The number of amides is 2. The standard InChI is InChI=1S/C33H35ClN6O5S/c1-23-22-37(17-18-38(23)32(42)28-16-13-26(40(43)44)21-29(28)34)31(41)10-6-7-19-46-33-36-35-30(20-24-8-4-3-5-9-24)39(33)25-11-14-27(45-2)15-12-25/h3-5,8-9,11-16,21,23H,6-7,10,17-20,22H2,1-2H3. The predicted molar refractivity (Wildman–Crippen MR) is 177 cm³/mol. The van der Waals surface area contributed by atoms with E-state index in [1.807, 2.05) is 49.4 Å². The fourth-order valence-electron chi connectivity index (χ4n) is 5.41. The van der Waals surface area contributed by atoms with Gasteiger partial charge < -0.3 is 14.5 Å². The quantitative estimate of drug-likeness (QED) is 0.0776. The average molecular weight is 663 g/mol. The molecule has 5 rings (SSSR count). The van der Waals surface area contributed by atoms with Crippen LogP contribution in [0.25, 0.3) is 5.69 Å². The van der Waals surface area contributed by atoms with Gasteiger partial charge in [0.15, 0.2) is 5.16 Å². The molecule has 2 heterocycles. The van der Waals surface area contributed by atoms with Crippen LogP contribution in [0, 0.1) is 10.1 Å². The SMILES string of the molecule is COc1ccc(-n2c(Cc3ccccc3)nnc2SCCCCC(=O)N2CCN(C(=O)c3ccc([N+](=O)[O-])cc3Cl)C(C)C2)cc1. The highest BCUT2D eigenvalue weighted by Crippen LogP contribution is 2.27. The van der Waals surface area contributed by atoms with Crippen molar-refractivity contribution in [1.82, 2.24) is 24.6 Å². The number of aromatic nitrogens is 3. The van der Waals surface area contributed by atoms with Gasteiger partial charge in [0, 0.05) is 62.1 Å². The van der Waals surface area contributed by atoms with Crippen molar-refractivity contribution in [1.29, 1.82) is 0 Å². The van der Waals surface area contributed by atoms with Crippen molar-refractivity contribution in [3.63, 3.8) is 0 Å². The molecule has 11 nitrogen and oxygen atoms in total. The van der Waals surface area contributed by atoms with Crippen LogP contribution in [0.1, 0.15) is 47.9 Å². The van der Waals surface area contributed by atoms with Crippen molar-refractivity contribution < 1.29 is 19.2 Å². The number of hydrogen-bond donors (Lipinski definition) is 0. The van der Waals surface area contributed by atoms with E-state index in [0.717, 1.165) is 46.6 Å². The Morgan fingerprint density at radius 3 is 2.48 bits per heavy atom. The summed E-state index contributed by atoms with van der Waals surface area (Å²) in [5, 5.41) is 20.9. The van der Waals surface area contributed by atoms with Gasteiger partial charge in [-0.2, -0.15) is 0 Å². The molecule has 0 aliphatic carbocycles. The zero-order valence-corrected chi connectivity index (χ0v) is 27.2. The van der Waals surface area contributed by atoms with Gasteiger partial charge in [0.05, 0.1) is 22.6 Å². The number of non-ortho nitro benzene ring substituents is 1. The minimum Gasteiger partial charge on any atom is -0.497 e. The van der Waals surface area contributed by atoms with Crippen LogP contribution in [0.15, 0.2) is 78.0 Å². The Morgan fingerprint density at radius 2 is 1.80 bits per heavy atom. The Hall–Kier alpha value is -4.42. The summed E-state index contributed by atoms with van der Waals surface area (Å²) in [6.07, 6.45) is 2.62. The van der Waals surface area contributed by atoms with Gasteiger partial charge >= 0.3 is 0 Å². The summed E-state index contributed by atoms with van der Waals surface area (Å²) in [5.41, 5.74) is 2.15. The number of halogens is 1. The Labute approximate surface area is 276 Å². The third kappa shape index (κ3) is 7.86. The van der Waals surface area contributed by atoms with Crippen LogP contribution >= 0.6 is 23.4 Å². The topological polar surface area (TPSA) is 124 Å². The van der Waals surface area contributed by atoms with Crippen LogP contribution in [0.2, 0.25) is 5.02 Å². The highest BCUT2D eigenvalue weighted by Gasteiger charge is 2.31. The first-order valence-electron chi connectivity index (χ1n) is 15.0. The number of piperazine rings is 1. The fraction of sp³-hybridized carbons (Fsp3) is 0.333. The number of methoxy groups -OCH3 is 1. The molecule has 0 saturated carbocycles. The van der Waals surface area contributed by atoms with Gasteiger partial charge in [-0.25, -0.2) is 0 Å². The Morgan fingerprint density at radius 1 is 1.04 bits per heavy atom. The number of carbonyl (C=O) groups is 2. The molecule has 1 unspecified atom stereocenters. The van der Waals surface area contributed by atoms with Gasteiger partial charge in [0.25, 0.3) is 11.6 Å². The number of ether oxygens (including phenoxy) is 1. The smallest absolute Gasteiger partial charge is 0.270 e. The molecule has 0 bridgehead atoms. The largest absolute Gasteiger partial charge is 0.497 e. The van der Waals surface area contributed by atoms with Gasteiger partial charge in [0.2, 0.25) is 5.91 Å². The third-order valence-electron chi connectivity index (χ3n) is 7.89. The first-order chi connectivity index (χ1) is 22.2. The van der Waals surface area contributed by atoms with E-state index in [0.29, 0.717) is 32.5 Å². The van der Waals surface area contributed by atoms with Gasteiger partial charge in [0.1, 0.15) is 11.6 Å². The molecule has 3 aromatic carbocycles. The number of nitro benzene ring substituents is 1. The molecule has 1 saturated heterocycles. The number of nitro groups is 1. The van der Waals surface area contributed by atoms with Gasteiger partial charge in [-0.05, 0) is 55.7 Å². The lowest BCUT2D eigenvalue weighted by molar-refractivity contribution is -0.384. The summed E-state index contributed by atoms with van der Waals surface area (Å²) < 4.78 is 7.41. The lowest BCUT2D eigenvalue weighted by Gasteiger charge is -2.40. The van der Waals surface area contributed by atoms with Gasteiger partial charge in [-0.15, -0.1) is 10.2 Å². The molecule has 1 aliphatic rings. The molecular weight excluding hydrogens is 628 g/mol. The van der Waals surface area contributed by atoms with Crippen LogP contribution in [0.5, 0.6) is 5.75 Å². The summed E-state index contributed by atoms with van der Waals surface area (Å²) >= 11 is 7.81. The molecule has 46 heavy (non-hydrogen) atoms. The second-order valence-corrected chi connectivity index (χ2v) is 12.5. The van der Waals surface area contributed by atoms with Crippen LogP contribution in [0.3, 0.4) is 0 Å². The first kappa shape index (κ1) is 33.0. The summed E-state index contributed by atoms with van der Waals surface area (Å²) in [6.45, 7) is 3.09. The summed E-state index contributed by atoms with van der Waals surface area (Å²) in [4.78, 5) is 40.1.